The highest BCUT2D eigenvalue weighted by Crippen LogP contribution is 2.24. The fourth-order valence-corrected chi connectivity index (χ4v) is 3.51. The van der Waals surface area contributed by atoms with Crippen LogP contribution in [-0.4, -0.2) is 27.4 Å². The third-order valence-electron chi connectivity index (χ3n) is 3.62. The SMILES string of the molecule is COC(=O)CCC#Cc1cc(Cl)ccc1NS(=O)(=O)c1ccc(NC(C)=O)cc1. The van der Waals surface area contributed by atoms with Crippen molar-refractivity contribution in [2.45, 2.75) is 24.7 Å². The maximum Gasteiger partial charge on any atom is 0.306 e. The van der Waals surface area contributed by atoms with Crippen LogP contribution in [-0.2, 0) is 24.3 Å². The van der Waals surface area contributed by atoms with Crippen LogP contribution in [0.4, 0.5) is 11.4 Å². The lowest BCUT2D eigenvalue weighted by Crippen LogP contribution is -2.14. The van der Waals surface area contributed by atoms with E-state index >= 15 is 0 Å². The number of esters is 1. The van der Waals surface area contributed by atoms with E-state index in [2.05, 4.69) is 26.6 Å². The highest BCUT2D eigenvalue weighted by Gasteiger charge is 2.16. The molecule has 29 heavy (non-hydrogen) atoms. The Morgan fingerprint density at radius 3 is 2.45 bits per heavy atom. The van der Waals surface area contributed by atoms with Gasteiger partial charge in [-0.3, -0.25) is 14.3 Å². The molecule has 9 heteroatoms. The highest BCUT2D eigenvalue weighted by molar-refractivity contribution is 7.92. The second kappa shape index (κ2) is 9.96. The zero-order chi connectivity index (χ0) is 21.4. The maximum absolute atomic E-state index is 12.7. The van der Waals surface area contributed by atoms with Gasteiger partial charge in [-0.25, -0.2) is 8.42 Å². The lowest BCUT2D eigenvalue weighted by Gasteiger charge is -2.11. The largest absolute Gasteiger partial charge is 0.469 e. The fraction of sp³-hybridized carbons (Fsp3) is 0.200. The minimum atomic E-state index is -3.89. The van der Waals surface area contributed by atoms with Crippen LogP contribution in [0.25, 0.3) is 0 Å². The molecule has 0 fully saturated rings. The molecule has 2 aromatic rings. The molecule has 2 rings (SSSR count). The third-order valence-corrected chi connectivity index (χ3v) is 5.23. The second-order valence-corrected chi connectivity index (χ2v) is 8.00. The molecule has 2 aromatic carbocycles. The second-order valence-electron chi connectivity index (χ2n) is 5.88. The van der Waals surface area contributed by atoms with Crippen molar-refractivity contribution in [3.05, 3.63) is 53.1 Å². The minimum Gasteiger partial charge on any atom is -0.469 e. The van der Waals surface area contributed by atoms with Gasteiger partial charge in [0.05, 0.1) is 29.7 Å². The van der Waals surface area contributed by atoms with Crippen molar-refractivity contribution in [1.82, 2.24) is 0 Å². The van der Waals surface area contributed by atoms with Crippen LogP contribution >= 0.6 is 11.6 Å². The number of amides is 1. The van der Waals surface area contributed by atoms with E-state index in [1.807, 2.05) is 0 Å². The molecule has 0 saturated heterocycles. The van der Waals surface area contributed by atoms with Gasteiger partial charge in [0, 0.05) is 24.1 Å². The predicted octanol–water partition coefficient (Wildman–Crippen LogP) is 3.40. The van der Waals surface area contributed by atoms with Crippen molar-refractivity contribution in [1.29, 1.82) is 0 Å². The Balaban J connectivity index is 2.23. The molecule has 0 aliphatic heterocycles. The smallest absolute Gasteiger partial charge is 0.306 e. The maximum atomic E-state index is 12.7. The summed E-state index contributed by atoms with van der Waals surface area (Å²) < 4.78 is 32.4. The number of rotatable bonds is 6. The van der Waals surface area contributed by atoms with E-state index in [-0.39, 0.29) is 35.3 Å². The van der Waals surface area contributed by atoms with Gasteiger partial charge in [0.1, 0.15) is 0 Å². The summed E-state index contributed by atoms with van der Waals surface area (Å²) in [5, 5.41) is 2.96. The van der Waals surface area contributed by atoms with Gasteiger partial charge in [0.15, 0.2) is 0 Å². The third kappa shape index (κ3) is 6.82. The average molecular weight is 435 g/mol. The van der Waals surface area contributed by atoms with Crippen LogP contribution in [0, 0.1) is 11.8 Å². The quantitative estimate of drug-likeness (QED) is 0.536. The molecule has 0 spiro atoms. The van der Waals surface area contributed by atoms with Crippen LogP contribution in [0.5, 0.6) is 0 Å². The van der Waals surface area contributed by atoms with E-state index in [4.69, 9.17) is 11.6 Å². The first-order valence-electron chi connectivity index (χ1n) is 8.47. The van der Waals surface area contributed by atoms with Crippen LogP contribution < -0.4 is 10.0 Å². The Morgan fingerprint density at radius 1 is 1.14 bits per heavy atom. The van der Waals surface area contributed by atoms with Gasteiger partial charge in [-0.15, -0.1) is 0 Å². The van der Waals surface area contributed by atoms with E-state index in [1.165, 1.54) is 50.4 Å². The number of benzene rings is 2. The van der Waals surface area contributed by atoms with Gasteiger partial charge >= 0.3 is 5.97 Å². The summed E-state index contributed by atoms with van der Waals surface area (Å²) in [5.41, 5.74) is 1.12. The van der Waals surface area contributed by atoms with E-state index in [0.29, 0.717) is 16.3 Å². The standard InChI is InChI=1S/C20H19ClN2O5S/c1-14(24)22-17-8-10-18(11-9-17)29(26,27)23-19-12-7-16(21)13-15(19)5-3-4-6-20(25)28-2/h7-13,23H,4,6H2,1-2H3,(H,22,24). The molecule has 0 atom stereocenters. The lowest BCUT2D eigenvalue weighted by molar-refractivity contribution is -0.140. The normalized spacial score (nSPS) is 10.4. The average Bonchev–Trinajstić information content (AvgIpc) is 2.66. The number of ether oxygens (including phenoxy) is 1. The lowest BCUT2D eigenvalue weighted by atomic mass is 10.2. The van der Waals surface area contributed by atoms with Crippen molar-refractivity contribution in [2.75, 3.05) is 17.1 Å². The minimum absolute atomic E-state index is 0.0196. The summed E-state index contributed by atoms with van der Waals surface area (Å²) in [7, 11) is -2.60. The molecule has 2 N–H and O–H groups in total. The number of sulfonamides is 1. The summed E-state index contributed by atoms with van der Waals surface area (Å²) in [5.74, 6) is 4.99. The van der Waals surface area contributed by atoms with Gasteiger partial charge in [-0.1, -0.05) is 23.4 Å². The number of carbonyl (C=O) groups is 2. The van der Waals surface area contributed by atoms with Crippen molar-refractivity contribution < 1.29 is 22.7 Å². The van der Waals surface area contributed by atoms with Crippen LogP contribution in [0.1, 0.15) is 25.3 Å². The van der Waals surface area contributed by atoms with Crippen molar-refractivity contribution >= 4 is 44.9 Å². The number of halogens is 1. The molecule has 1 amide bonds. The number of hydrogen-bond donors (Lipinski definition) is 2. The molecule has 0 radical (unpaired) electrons. The molecule has 0 heterocycles. The van der Waals surface area contributed by atoms with Crippen LogP contribution in [0.3, 0.4) is 0 Å². The zero-order valence-electron chi connectivity index (χ0n) is 15.8. The van der Waals surface area contributed by atoms with E-state index < -0.39 is 10.0 Å². The summed E-state index contributed by atoms with van der Waals surface area (Å²) in [6.45, 7) is 1.36. The molecular formula is C20H19ClN2O5S. The first kappa shape index (κ1) is 22.3. The van der Waals surface area contributed by atoms with E-state index in [0.717, 1.165) is 0 Å². The molecule has 0 aromatic heterocycles. The molecule has 0 unspecified atom stereocenters. The first-order valence-corrected chi connectivity index (χ1v) is 10.3. The molecular weight excluding hydrogens is 416 g/mol. The van der Waals surface area contributed by atoms with Gasteiger partial charge < -0.3 is 10.1 Å². The van der Waals surface area contributed by atoms with Gasteiger partial charge in [0.2, 0.25) is 5.91 Å². The Kier molecular flexibility index (Phi) is 7.65. The molecule has 7 nitrogen and oxygen atoms in total. The van der Waals surface area contributed by atoms with Gasteiger partial charge in [-0.2, -0.15) is 0 Å². The Hall–Kier alpha value is -3.02. The van der Waals surface area contributed by atoms with E-state index in [1.54, 1.807) is 6.07 Å². The predicted molar refractivity (Wildman–Crippen MR) is 111 cm³/mol. The van der Waals surface area contributed by atoms with E-state index in [9.17, 15) is 18.0 Å². The number of nitrogens with one attached hydrogen (secondary N) is 2. The number of methoxy groups -OCH3 is 1. The number of anilines is 2. The monoisotopic (exact) mass is 434 g/mol. The number of carbonyl (C=O) groups excluding carboxylic acids is 2. The summed E-state index contributed by atoms with van der Waals surface area (Å²) in [6, 6.07) is 10.3. The van der Waals surface area contributed by atoms with Crippen molar-refractivity contribution in [3.63, 3.8) is 0 Å². The zero-order valence-corrected chi connectivity index (χ0v) is 17.4. The van der Waals surface area contributed by atoms with Crippen molar-refractivity contribution in [3.8, 4) is 11.8 Å². The Labute approximate surface area is 174 Å². The molecule has 0 saturated carbocycles. The molecule has 0 aliphatic rings. The van der Waals surface area contributed by atoms with Crippen LogP contribution in [0.2, 0.25) is 5.02 Å². The van der Waals surface area contributed by atoms with Crippen molar-refractivity contribution in [2.24, 2.45) is 0 Å². The fourth-order valence-electron chi connectivity index (χ4n) is 2.26. The Morgan fingerprint density at radius 2 is 1.83 bits per heavy atom. The molecule has 0 bridgehead atoms. The first-order chi connectivity index (χ1) is 13.7. The topological polar surface area (TPSA) is 102 Å². The molecule has 0 aliphatic carbocycles. The summed E-state index contributed by atoms with van der Waals surface area (Å²) in [4.78, 5) is 22.2. The highest BCUT2D eigenvalue weighted by atomic mass is 35.5. The Bertz CT molecular complexity index is 1070. The van der Waals surface area contributed by atoms with Gasteiger partial charge in [0.25, 0.3) is 10.0 Å². The molecule has 152 valence electrons. The number of hydrogen-bond acceptors (Lipinski definition) is 5. The van der Waals surface area contributed by atoms with Crippen LogP contribution in [0.15, 0.2) is 47.4 Å². The van der Waals surface area contributed by atoms with Gasteiger partial charge in [-0.05, 0) is 42.5 Å². The summed E-state index contributed by atoms with van der Waals surface area (Å²) in [6.07, 6.45) is 0.391. The summed E-state index contributed by atoms with van der Waals surface area (Å²) >= 11 is 6.00.